The van der Waals surface area contributed by atoms with Gasteiger partial charge in [-0.15, -0.1) is 0 Å². The first kappa shape index (κ1) is 18.8. The minimum absolute atomic E-state index is 0.0883. The smallest absolute Gasteiger partial charge is 0.319 e. The monoisotopic (exact) mass is 413 g/mol. The lowest BCUT2D eigenvalue weighted by Gasteiger charge is -2.44. The summed E-state index contributed by atoms with van der Waals surface area (Å²) in [6, 6.07) is 5.96. The van der Waals surface area contributed by atoms with Crippen molar-refractivity contribution in [2.75, 3.05) is 25.0 Å². The lowest BCUT2D eigenvalue weighted by Crippen LogP contribution is -2.57. The second-order valence-electron chi connectivity index (χ2n) is 8.54. The van der Waals surface area contributed by atoms with Gasteiger partial charge in [0, 0.05) is 29.7 Å². The number of amides is 3. The van der Waals surface area contributed by atoms with E-state index < -0.39 is 0 Å². The number of rotatable bonds is 4. The minimum atomic E-state index is -0.166. The van der Waals surface area contributed by atoms with E-state index in [1.54, 1.807) is 0 Å². The number of carbonyl (C=O) groups excluding carboxylic acids is 2. The number of nitrogens with zero attached hydrogens (tertiary/aromatic N) is 2. The molecule has 8 heteroatoms. The van der Waals surface area contributed by atoms with Gasteiger partial charge in [-0.05, 0) is 74.4 Å². The molecule has 2 aromatic rings. The Labute approximate surface area is 174 Å². The molecular weight excluding hydrogens is 386 g/mol. The summed E-state index contributed by atoms with van der Waals surface area (Å²) in [5, 5.41) is 9.99. The molecule has 4 heterocycles. The highest BCUT2D eigenvalue weighted by Crippen LogP contribution is 2.29. The molecule has 3 N–H and O–H groups in total. The van der Waals surface area contributed by atoms with Gasteiger partial charge in [-0.3, -0.25) is 4.79 Å². The van der Waals surface area contributed by atoms with Crippen molar-refractivity contribution in [1.29, 1.82) is 0 Å². The van der Waals surface area contributed by atoms with Gasteiger partial charge in [0.05, 0.1) is 4.70 Å². The maximum atomic E-state index is 12.9. The average Bonchev–Trinajstić information content (AvgIpc) is 3.38. The van der Waals surface area contributed by atoms with E-state index in [0.29, 0.717) is 11.6 Å². The van der Waals surface area contributed by atoms with Crippen LogP contribution in [0.15, 0.2) is 18.2 Å². The van der Waals surface area contributed by atoms with Gasteiger partial charge in [0.25, 0.3) is 5.91 Å². The molecule has 3 amide bonds. The van der Waals surface area contributed by atoms with Gasteiger partial charge >= 0.3 is 6.03 Å². The zero-order valence-corrected chi connectivity index (χ0v) is 17.3. The number of fused-ring (bicyclic) bond motifs is 4. The van der Waals surface area contributed by atoms with Gasteiger partial charge in [0.15, 0.2) is 0 Å². The summed E-state index contributed by atoms with van der Waals surface area (Å²) in [7, 11) is 0. The fourth-order valence-corrected chi connectivity index (χ4v) is 5.78. The van der Waals surface area contributed by atoms with Gasteiger partial charge in [0.1, 0.15) is 5.69 Å². The van der Waals surface area contributed by atoms with E-state index in [-0.39, 0.29) is 24.0 Å². The van der Waals surface area contributed by atoms with Crippen molar-refractivity contribution >= 4 is 39.2 Å². The molecule has 1 saturated carbocycles. The first-order valence-corrected chi connectivity index (χ1v) is 11.4. The maximum absolute atomic E-state index is 12.9. The molecule has 4 fully saturated rings. The van der Waals surface area contributed by atoms with Crippen LogP contribution in [-0.2, 0) is 0 Å². The van der Waals surface area contributed by atoms with Crippen LogP contribution in [0.25, 0.3) is 10.1 Å². The molecule has 0 spiro atoms. The maximum Gasteiger partial charge on any atom is 0.319 e. The van der Waals surface area contributed by atoms with Crippen LogP contribution in [0.3, 0.4) is 0 Å². The van der Waals surface area contributed by atoms with Crippen LogP contribution in [0.2, 0.25) is 0 Å². The fourth-order valence-electron chi connectivity index (χ4n) is 4.97. The molecule has 0 unspecified atom stereocenters. The van der Waals surface area contributed by atoms with Gasteiger partial charge in [-0.25, -0.2) is 4.79 Å². The first-order chi connectivity index (χ1) is 14.2. The van der Waals surface area contributed by atoms with Crippen LogP contribution in [0.4, 0.5) is 10.5 Å². The number of aromatic nitrogens is 1. The zero-order valence-electron chi connectivity index (χ0n) is 16.4. The Morgan fingerprint density at radius 3 is 2.59 bits per heavy atom. The molecule has 7 nitrogen and oxygen atoms in total. The number of nitrogens with one attached hydrogen (secondary N) is 3. The Morgan fingerprint density at radius 1 is 1.07 bits per heavy atom. The third kappa shape index (κ3) is 3.96. The third-order valence-electron chi connectivity index (χ3n) is 6.61. The van der Waals surface area contributed by atoms with Crippen molar-refractivity contribution in [1.82, 2.24) is 19.9 Å². The summed E-state index contributed by atoms with van der Waals surface area (Å²) in [5.41, 5.74) is 1.21. The summed E-state index contributed by atoms with van der Waals surface area (Å²) in [4.78, 5) is 27.5. The molecule has 1 aliphatic carbocycles. The van der Waals surface area contributed by atoms with Gasteiger partial charge in [0.2, 0.25) is 0 Å². The first-order valence-electron chi connectivity index (χ1n) is 10.7. The normalized spacial score (nSPS) is 26.6. The highest BCUT2D eigenvalue weighted by atomic mass is 32.1. The van der Waals surface area contributed by atoms with Crippen LogP contribution < -0.4 is 16.0 Å². The molecule has 1 aromatic heterocycles. The molecule has 1 aromatic carbocycles. The van der Waals surface area contributed by atoms with Crippen LogP contribution in [0, 0.1) is 5.92 Å². The van der Waals surface area contributed by atoms with E-state index >= 15 is 0 Å². The van der Waals surface area contributed by atoms with Crippen LogP contribution >= 0.6 is 11.5 Å². The summed E-state index contributed by atoms with van der Waals surface area (Å²) in [5.74, 6) is 0.498. The Kier molecular flexibility index (Phi) is 5.13. The molecule has 4 aliphatic rings. The Hall–Kier alpha value is -2.19. The summed E-state index contributed by atoms with van der Waals surface area (Å²) in [6.45, 7) is 3.25. The van der Waals surface area contributed by atoms with Gasteiger partial charge < -0.3 is 20.9 Å². The molecular formula is C21H27N5O2S. The third-order valence-corrected chi connectivity index (χ3v) is 7.42. The second-order valence-corrected chi connectivity index (χ2v) is 9.34. The highest BCUT2D eigenvalue weighted by Gasteiger charge is 2.35. The highest BCUT2D eigenvalue weighted by molar-refractivity contribution is 7.13. The predicted octanol–water partition coefficient (Wildman–Crippen LogP) is 3.18. The van der Waals surface area contributed by atoms with Gasteiger partial charge in [-0.1, -0.05) is 12.8 Å². The number of piperidine rings is 3. The van der Waals surface area contributed by atoms with E-state index in [0.717, 1.165) is 48.2 Å². The minimum Gasteiger partial charge on any atom is -0.346 e. The Balaban J connectivity index is 1.25. The molecule has 3 saturated heterocycles. The zero-order chi connectivity index (χ0) is 19.8. The molecule has 29 heavy (non-hydrogen) atoms. The standard InChI is InChI=1S/C21H27N5O2S/c27-20(24-17-12-26-9-7-13(17)8-10-26)19-16-6-5-15(11-18(16)29-25-19)23-21(28)22-14-3-1-2-4-14/h5-6,11,13-14,17H,1-4,7-10,12H2,(H,24,27)(H2,22,23,28)/t17-/m1/s1. The topological polar surface area (TPSA) is 86.4 Å². The Bertz CT molecular complexity index is 915. The number of benzene rings is 1. The van der Waals surface area contributed by atoms with Crippen molar-refractivity contribution in [2.45, 2.75) is 50.6 Å². The lowest BCUT2D eigenvalue weighted by atomic mass is 9.84. The molecule has 6 rings (SSSR count). The average molecular weight is 414 g/mol. The summed E-state index contributed by atoms with van der Waals surface area (Å²) >= 11 is 1.30. The van der Waals surface area contributed by atoms with E-state index in [1.165, 1.54) is 37.2 Å². The number of hydrogen-bond donors (Lipinski definition) is 3. The van der Waals surface area contributed by atoms with Crippen molar-refractivity contribution in [2.24, 2.45) is 5.92 Å². The number of anilines is 1. The largest absolute Gasteiger partial charge is 0.346 e. The molecule has 3 aliphatic heterocycles. The predicted molar refractivity (Wildman–Crippen MR) is 114 cm³/mol. The second kappa shape index (κ2) is 7.91. The summed E-state index contributed by atoms with van der Waals surface area (Å²) in [6.07, 6.45) is 6.81. The summed E-state index contributed by atoms with van der Waals surface area (Å²) < 4.78 is 5.32. The molecule has 2 bridgehead atoms. The van der Waals surface area contributed by atoms with Crippen LogP contribution in [0.5, 0.6) is 0 Å². The number of urea groups is 1. The molecule has 154 valence electrons. The van der Waals surface area contributed by atoms with E-state index in [2.05, 4.69) is 25.2 Å². The number of carbonyl (C=O) groups is 2. The quantitative estimate of drug-likeness (QED) is 0.719. The SMILES string of the molecule is O=C(Nc1ccc2c(C(=O)N[C@@H]3CN4CCC3CC4)nsc2c1)NC1CCCC1. The van der Waals surface area contributed by atoms with Crippen LogP contribution in [-0.4, -0.2) is 52.9 Å². The van der Waals surface area contributed by atoms with Crippen molar-refractivity contribution in [3.8, 4) is 0 Å². The van der Waals surface area contributed by atoms with Crippen LogP contribution in [0.1, 0.15) is 49.0 Å². The molecule has 0 radical (unpaired) electrons. The number of hydrogen-bond acceptors (Lipinski definition) is 5. The fraction of sp³-hybridized carbons (Fsp3) is 0.571. The van der Waals surface area contributed by atoms with E-state index in [9.17, 15) is 9.59 Å². The van der Waals surface area contributed by atoms with E-state index in [4.69, 9.17) is 0 Å². The van der Waals surface area contributed by atoms with Crippen molar-refractivity contribution < 1.29 is 9.59 Å². The van der Waals surface area contributed by atoms with Crippen molar-refractivity contribution in [3.63, 3.8) is 0 Å². The molecule has 1 atom stereocenters. The van der Waals surface area contributed by atoms with Crippen molar-refractivity contribution in [3.05, 3.63) is 23.9 Å². The van der Waals surface area contributed by atoms with Gasteiger partial charge in [-0.2, -0.15) is 4.37 Å². The van der Waals surface area contributed by atoms with E-state index in [1.807, 2.05) is 18.2 Å². The lowest BCUT2D eigenvalue weighted by molar-refractivity contribution is 0.0619. The Morgan fingerprint density at radius 2 is 1.86 bits per heavy atom.